The highest BCUT2D eigenvalue weighted by Gasteiger charge is 2.00. The SMILES string of the molecule is C[C@H](CO)NCc1ccc(Cl)s1. The third kappa shape index (κ3) is 3.11. The molecular formula is C8H12ClNOS. The molecule has 0 fully saturated rings. The van der Waals surface area contributed by atoms with Crippen LogP contribution in [-0.2, 0) is 6.54 Å². The number of rotatable bonds is 4. The summed E-state index contributed by atoms with van der Waals surface area (Å²) in [5.41, 5.74) is 0. The van der Waals surface area contributed by atoms with Crippen molar-refractivity contribution < 1.29 is 5.11 Å². The van der Waals surface area contributed by atoms with E-state index in [1.54, 1.807) is 11.3 Å². The zero-order valence-corrected chi connectivity index (χ0v) is 8.45. The van der Waals surface area contributed by atoms with Crippen LogP contribution in [0, 0.1) is 0 Å². The molecule has 1 aromatic heterocycles. The van der Waals surface area contributed by atoms with E-state index < -0.39 is 0 Å². The van der Waals surface area contributed by atoms with E-state index in [9.17, 15) is 0 Å². The van der Waals surface area contributed by atoms with E-state index in [1.807, 2.05) is 19.1 Å². The van der Waals surface area contributed by atoms with E-state index in [0.29, 0.717) is 0 Å². The number of halogens is 1. The first-order chi connectivity index (χ1) is 5.72. The fourth-order valence-electron chi connectivity index (χ4n) is 0.786. The van der Waals surface area contributed by atoms with E-state index in [2.05, 4.69) is 5.32 Å². The lowest BCUT2D eigenvalue weighted by atomic mass is 10.3. The number of nitrogens with one attached hydrogen (secondary N) is 1. The monoisotopic (exact) mass is 205 g/mol. The third-order valence-electron chi connectivity index (χ3n) is 1.53. The highest BCUT2D eigenvalue weighted by atomic mass is 35.5. The summed E-state index contributed by atoms with van der Waals surface area (Å²) in [6.45, 7) is 2.88. The summed E-state index contributed by atoms with van der Waals surface area (Å²) >= 11 is 7.31. The number of hydrogen-bond donors (Lipinski definition) is 2. The molecular weight excluding hydrogens is 194 g/mol. The summed E-state index contributed by atoms with van der Waals surface area (Å²) in [4.78, 5) is 1.19. The van der Waals surface area contributed by atoms with Crippen molar-refractivity contribution in [3.8, 4) is 0 Å². The Hall–Kier alpha value is -0.0900. The van der Waals surface area contributed by atoms with Crippen LogP contribution in [0.4, 0.5) is 0 Å². The molecule has 2 N–H and O–H groups in total. The highest BCUT2D eigenvalue weighted by Crippen LogP contribution is 2.20. The van der Waals surface area contributed by atoms with Gasteiger partial charge in [0.15, 0.2) is 0 Å². The standard InChI is InChI=1S/C8H12ClNOS/c1-6(5-11)10-4-7-2-3-8(9)12-7/h2-3,6,10-11H,4-5H2,1H3/t6-/m1/s1. The Balaban J connectivity index is 2.33. The van der Waals surface area contributed by atoms with Crippen LogP contribution in [0.5, 0.6) is 0 Å². The lowest BCUT2D eigenvalue weighted by Gasteiger charge is -2.08. The summed E-state index contributed by atoms with van der Waals surface area (Å²) in [6.07, 6.45) is 0. The van der Waals surface area contributed by atoms with Crippen LogP contribution in [0.1, 0.15) is 11.8 Å². The van der Waals surface area contributed by atoms with Gasteiger partial charge in [-0.05, 0) is 19.1 Å². The van der Waals surface area contributed by atoms with Gasteiger partial charge in [-0.1, -0.05) is 11.6 Å². The number of aliphatic hydroxyl groups excluding tert-OH is 1. The van der Waals surface area contributed by atoms with Crippen LogP contribution in [0.3, 0.4) is 0 Å². The first-order valence-electron chi connectivity index (χ1n) is 3.81. The molecule has 12 heavy (non-hydrogen) atoms. The molecule has 0 saturated carbocycles. The second-order valence-corrected chi connectivity index (χ2v) is 4.47. The van der Waals surface area contributed by atoms with Crippen molar-refractivity contribution in [2.24, 2.45) is 0 Å². The van der Waals surface area contributed by atoms with E-state index >= 15 is 0 Å². The summed E-state index contributed by atoms with van der Waals surface area (Å²) in [7, 11) is 0. The minimum Gasteiger partial charge on any atom is -0.395 e. The summed E-state index contributed by atoms with van der Waals surface area (Å²) in [5.74, 6) is 0. The largest absolute Gasteiger partial charge is 0.395 e. The molecule has 0 aliphatic heterocycles. The second-order valence-electron chi connectivity index (χ2n) is 2.67. The fourth-order valence-corrected chi connectivity index (χ4v) is 1.82. The van der Waals surface area contributed by atoms with Crippen LogP contribution in [0.15, 0.2) is 12.1 Å². The molecule has 1 aromatic rings. The lowest BCUT2D eigenvalue weighted by molar-refractivity contribution is 0.251. The molecule has 0 aliphatic rings. The molecule has 0 saturated heterocycles. The molecule has 68 valence electrons. The first-order valence-corrected chi connectivity index (χ1v) is 5.00. The molecule has 1 heterocycles. The molecule has 1 rings (SSSR count). The molecule has 1 atom stereocenters. The average molecular weight is 206 g/mol. The molecule has 0 unspecified atom stereocenters. The van der Waals surface area contributed by atoms with E-state index in [4.69, 9.17) is 16.7 Å². The average Bonchev–Trinajstić information content (AvgIpc) is 2.47. The van der Waals surface area contributed by atoms with Crippen molar-refractivity contribution in [2.75, 3.05) is 6.61 Å². The second kappa shape index (κ2) is 4.82. The quantitative estimate of drug-likeness (QED) is 0.787. The number of aliphatic hydroxyl groups is 1. The normalized spacial score (nSPS) is 13.2. The predicted octanol–water partition coefficient (Wildman–Crippen LogP) is 1.87. The van der Waals surface area contributed by atoms with Gasteiger partial charge in [-0.3, -0.25) is 0 Å². The molecule has 0 radical (unpaired) electrons. The predicted molar refractivity (Wildman–Crippen MR) is 52.7 cm³/mol. The van der Waals surface area contributed by atoms with Crippen LogP contribution < -0.4 is 5.32 Å². The molecule has 4 heteroatoms. The van der Waals surface area contributed by atoms with Crippen molar-refractivity contribution in [3.63, 3.8) is 0 Å². The summed E-state index contributed by atoms with van der Waals surface area (Å²) in [5, 5.41) is 11.9. The summed E-state index contributed by atoms with van der Waals surface area (Å²) < 4.78 is 0.809. The van der Waals surface area contributed by atoms with Gasteiger partial charge in [0.05, 0.1) is 10.9 Å². The maximum Gasteiger partial charge on any atom is 0.0931 e. The van der Waals surface area contributed by atoms with Gasteiger partial charge in [-0.2, -0.15) is 0 Å². The van der Waals surface area contributed by atoms with Gasteiger partial charge in [-0.15, -0.1) is 11.3 Å². The first kappa shape index (κ1) is 9.99. The minimum absolute atomic E-state index is 0.144. The Morgan fingerprint density at radius 2 is 2.42 bits per heavy atom. The van der Waals surface area contributed by atoms with Gasteiger partial charge < -0.3 is 10.4 Å². The zero-order valence-electron chi connectivity index (χ0n) is 6.88. The van der Waals surface area contributed by atoms with Crippen molar-refractivity contribution in [2.45, 2.75) is 19.5 Å². The van der Waals surface area contributed by atoms with Gasteiger partial charge >= 0.3 is 0 Å². The van der Waals surface area contributed by atoms with Gasteiger partial charge in [0.1, 0.15) is 0 Å². The maximum atomic E-state index is 8.73. The van der Waals surface area contributed by atoms with Gasteiger partial charge in [0, 0.05) is 17.5 Å². The van der Waals surface area contributed by atoms with Gasteiger partial charge in [0.2, 0.25) is 0 Å². The Morgan fingerprint density at radius 3 is 2.92 bits per heavy atom. The van der Waals surface area contributed by atoms with Gasteiger partial charge in [0.25, 0.3) is 0 Å². The van der Waals surface area contributed by atoms with Crippen molar-refractivity contribution in [1.29, 1.82) is 0 Å². The zero-order chi connectivity index (χ0) is 8.97. The van der Waals surface area contributed by atoms with Crippen LogP contribution in [-0.4, -0.2) is 17.8 Å². The molecule has 2 nitrogen and oxygen atoms in total. The van der Waals surface area contributed by atoms with E-state index in [-0.39, 0.29) is 12.6 Å². The molecule has 0 aliphatic carbocycles. The molecule has 0 aromatic carbocycles. The smallest absolute Gasteiger partial charge is 0.0931 e. The van der Waals surface area contributed by atoms with E-state index in [0.717, 1.165) is 10.9 Å². The Bertz CT molecular complexity index is 239. The lowest BCUT2D eigenvalue weighted by Crippen LogP contribution is -2.28. The Morgan fingerprint density at radius 1 is 1.67 bits per heavy atom. The molecule has 0 spiro atoms. The maximum absolute atomic E-state index is 8.73. The van der Waals surface area contributed by atoms with Crippen LogP contribution in [0.25, 0.3) is 0 Å². The third-order valence-corrected chi connectivity index (χ3v) is 2.76. The van der Waals surface area contributed by atoms with Gasteiger partial charge in [-0.25, -0.2) is 0 Å². The highest BCUT2D eigenvalue weighted by molar-refractivity contribution is 7.16. The molecule has 0 amide bonds. The molecule has 0 bridgehead atoms. The summed E-state index contributed by atoms with van der Waals surface area (Å²) in [6, 6.07) is 4.02. The van der Waals surface area contributed by atoms with Crippen molar-refractivity contribution in [3.05, 3.63) is 21.3 Å². The number of hydrogen-bond acceptors (Lipinski definition) is 3. The Labute approximate surface area is 81.2 Å². The Kier molecular flexibility index (Phi) is 4.01. The van der Waals surface area contributed by atoms with Crippen LogP contribution in [0.2, 0.25) is 4.34 Å². The topological polar surface area (TPSA) is 32.3 Å². The van der Waals surface area contributed by atoms with E-state index in [1.165, 1.54) is 4.88 Å². The van der Waals surface area contributed by atoms with Crippen LogP contribution >= 0.6 is 22.9 Å². The van der Waals surface area contributed by atoms with Crippen molar-refractivity contribution in [1.82, 2.24) is 5.32 Å². The fraction of sp³-hybridized carbons (Fsp3) is 0.500. The number of thiophene rings is 1. The van der Waals surface area contributed by atoms with Crippen molar-refractivity contribution >= 4 is 22.9 Å². The minimum atomic E-state index is 0.144.